The van der Waals surface area contributed by atoms with E-state index in [4.69, 9.17) is 0 Å². The van der Waals surface area contributed by atoms with Crippen LogP contribution >= 0.6 is 0 Å². The summed E-state index contributed by atoms with van der Waals surface area (Å²) in [6, 6.07) is 1.49. The molecule has 1 N–H and O–H groups in total. The van der Waals surface area contributed by atoms with Gasteiger partial charge in [-0.2, -0.15) is 0 Å². The monoisotopic (exact) mass is 249 g/mol. The summed E-state index contributed by atoms with van der Waals surface area (Å²) >= 11 is 0. The SMILES string of the molecule is Cn1cnnc1CN1CCCCC1CNC1CC1. The number of hydrogen-bond donors (Lipinski definition) is 1. The van der Waals surface area contributed by atoms with Gasteiger partial charge in [0.25, 0.3) is 0 Å². The van der Waals surface area contributed by atoms with Crippen LogP contribution in [0, 0.1) is 0 Å². The van der Waals surface area contributed by atoms with Crippen molar-refractivity contribution in [2.75, 3.05) is 13.1 Å². The minimum absolute atomic E-state index is 0.677. The first kappa shape index (κ1) is 12.1. The summed E-state index contributed by atoms with van der Waals surface area (Å²) in [6.07, 6.45) is 8.53. The smallest absolute Gasteiger partial charge is 0.146 e. The summed E-state index contributed by atoms with van der Waals surface area (Å²) in [6.45, 7) is 3.28. The predicted molar refractivity (Wildman–Crippen MR) is 70.1 cm³/mol. The van der Waals surface area contributed by atoms with Crippen molar-refractivity contribution in [3.63, 3.8) is 0 Å². The molecule has 0 amide bonds. The molecule has 1 saturated heterocycles. The summed E-state index contributed by atoms with van der Waals surface area (Å²) < 4.78 is 2.03. The van der Waals surface area contributed by atoms with Crippen molar-refractivity contribution < 1.29 is 0 Å². The average Bonchev–Trinajstić information content (AvgIpc) is 3.13. The number of aryl methyl sites for hydroxylation is 1. The van der Waals surface area contributed by atoms with E-state index in [-0.39, 0.29) is 0 Å². The minimum atomic E-state index is 0.677. The third kappa shape index (κ3) is 2.90. The van der Waals surface area contributed by atoms with Crippen molar-refractivity contribution in [2.45, 2.75) is 50.7 Å². The second kappa shape index (κ2) is 5.36. The van der Waals surface area contributed by atoms with Crippen molar-refractivity contribution in [3.8, 4) is 0 Å². The quantitative estimate of drug-likeness (QED) is 0.843. The molecule has 0 spiro atoms. The Labute approximate surface area is 109 Å². The Morgan fingerprint density at radius 3 is 2.94 bits per heavy atom. The lowest BCUT2D eigenvalue weighted by Crippen LogP contribution is -2.45. The highest BCUT2D eigenvalue weighted by molar-refractivity contribution is 4.90. The van der Waals surface area contributed by atoms with Gasteiger partial charge in [0.15, 0.2) is 0 Å². The Bertz CT molecular complexity index is 384. The molecule has 0 radical (unpaired) electrons. The van der Waals surface area contributed by atoms with E-state index in [1.807, 2.05) is 11.6 Å². The van der Waals surface area contributed by atoms with Crippen LogP contribution in [0.3, 0.4) is 0 Å². The summed E-state index contributed by atoms with van der Waals surface area (Å²) in [5.74, 6) is 1.08. The first-order chi connectivity index (χ1) is 8.83. The van der Waals surface area contributed by atoms with Gasteiger partial charge in [0.05, 0.1) is 6.54 Å². The van der Waals surface area contributed by atoms with Crippen LogP contribution in [0.4, 0.5) is 0 Å². The van der Waals surface area contributed by atoms with Crippen molar-refractivity contribution in [2.24, 2.45) is 7.05 Å². The Hall–Kier alpha value is -0.940. The van der Waals surface area contributed by atoms with Crippen LogP contribution in [-0.4, -0.2) is 44.8 Å². The van der Waals surface area contributed by atoms with Gasteiger partial charge in [-0.15, -0.1) is 10.2 Å². The van der Waals surface area contributed by atoms with E-state index in [1.165, 1.54) is 38.6 Å². The fourth-order valence-electron chi connectivity index (χ4n) is 2.72. The normalized spacial score (nSPS) is 25.5. The Morgan fingerprint density at radius 1 is 1.33 bits per heavy atom. The lowest BCUT2D eigenvalue weighted by atomic mass is 10.0. The second-order valence-corrected chi connectivity index (χ2v) is 5.66. The molecule has 1 saturated carbocycles. The van der Waals surface area contributed by atoms with Crippen LogP contribution in [0.1, 0.15) is 37.9 Å². The molecule has 2 aliphatic rings. The number of nitrogens with zero attached hydrogens (tertiary/aromatic N) is 4. The topological polar surface area (TPSA) is 46.0 Å². The Morgan fingerprint density at radius 2 is 2.22 bits per heavy atom. The number of likely N-dealkylation sites (tertiary alicyclic amines) is 1. The van der Waals surface area contributed by atoms with Crippen molar-refractivity contribution in [1.82, 2.24) is 25.0 Å². The van der Waals surface area contributed by atoms with Gasteiger partial charge < -0.3 is 9.88 Å². The molecule has 1 aromatic rings. The molecule has 2 heterocycles. The van der Waals surface area contributed by atoms with Crippen LogP contribution in [0.25, 0.3) is 0 Å². The highest BCUT2D eigenvalue weighted by Gasteiger charge is 2.27. The molecule has 0 bridgehead atoms. The van der Waals surface area contributed by atoms with E-state index in [1.54, 1.807) is 6.33 Å². The molecule has 0 aromatic carbocycles. The zero-order valence-electron chi connectivity index (χ0n) is 11.2. The molecule has 1 aliphatic heterocycles. The van der Waals surface area contributed by atoms with Crippen molar-refractivity contribution in [3.05, 3.63) is 12.2 Å². The largest absolute Gasteiger partial charge is 0.320 e. The molecule has 2 fully saturated rings. The van der Waals surface area contributed by atoms with Crippen molar-refractivity contribution in [1.29, 1.82) is 0 Å². The summed E-state index contributed by atoms with van der Waals surface area (Å²) in [7, 11) is 2.02. The van der Waals surface area contributed by atoms with Gasteiger partial charge in [-0.25, -0.2) is 0 Å². The van der Waals surface area contributed by atoms with Gasteiger partial charge in [0.1, 0.15) is 12.2 Å². The zero-order chi connectivity index (χ0) is 12.4. The molecule has 1 atom stereocenters. The highest BCUT2D eigenvalue weighted by Crippen LogP contribution is 2.22. The van der Waals surface area contributed by atoms with Crippen LogP contribution in [0.5, 0.6) is 0 Å². The Balaban J connectivity index is 1.58. The second-order valence-electron chi connectivity index (χ2n) is 5.66. The van der Waals surface area contributed by atoms with E-state index in [9.17, 15) is 0 Å². The van der Waals surface area contributed by atoms with Crippen LogP contribution in [0.15, 0.2) is 6.33 Å². The maximum Gasteiger partial charge on any atom is 0.146 e. The number of rotatable bonds is 5. The van der Waals surface area contributed by atoms with Gasteiger partial charge in [-0.05, 0) is 32.2 Å². The van der Waals surface area contributed by atoms with Crippen molar-refractivity contribution >= 4 is 0 Å². The number of piperidine rings is 1. The van der Waals surface area contributed by atoms with E-state index in [2.05, 4.69) is 20.4 Å². The third-order valence-electron chi connectivity index (χ3n) is 4.12. The lowest BCUT2D eigenvalue weighted by Gasteiger charge is -2.35. The standard InChI is InChI=1S/C13H23N5/c1-17-10-15-16-13(17)9-18-7-3-2-4-12(18)8-14-11-5-6-11/h10-12,14H,2-9H2,1H3. The molecule has 1 aromatic heterocycles. The molecular weight excluding hydrogens is 226 g/mol. The minimum Gasteiger partial charge on any atom is -0.320 e. The van der Waals surface area contributed by atoms with Crippen LogP contribution in [-0.2, 0) is 13.6 Å². The van der Waals surface area contributed by atoms with Gasteiger partial charge >= 0.3 is 0 Å². The maximum atomic E-state index is 4.20. The predicted octanol–water partition coefficient (Wildman–Crippen LogP) is 0.922. The van der Waals surface area contributed by atoms with Gasteiger partial charge in [-0.3, -0.25) is 4.90 Å². The third-order valence-corrected chi connectivity index (χ3v) is 4.12. The van der Waals surface area contributed by atoms with Gasteiger partial charge in [-0.1, -0.05) is 6.42 Å². The molecular formula is C13H23N5. The van der Waals surface area contributed by atoms with E-state index < -0.39 is 0 Å². The first-order valence-electron chi connectivity index (χ1n) is 7.13. The van der Waals surface area contributed by atoms with E-state index in [0.717, 1.165) is 25.0 Å². The maximum absolute atomic E-state index is 4.20. The van der Waals surface area contributed by atoms with E-state index in [0.29, 0.717) is 6.04 Å². The lowest BCUT2D eigenvalue weighted by molar-refractivity contribution is 0.132. The summed E-state index contributed by atoms with van der Waals surface area (Å²) in [5, 5.41) is 11.8. The first-order valence-corrected chi connectivity index (χ1v) is 7.13. The zero-order valence-corrected chi connectivity index (χ0v) is 11.2. The number of nitrogens with one attached hydrogen (secondary N) is 1. The highest BCUT2D eigenvalue weighted by atomic mass is 15.3. The Kier molecular flexibility index (Phi) is 3.61. The average molecular weight is 249 g/mol. The number of aromatic nitrogens is 3. The summed E-state index contributed by atoms with van der Waals surface area (Å²) in [4.78, 5) is 2.57. The van der Waals surface area contributed by atoms with Gasteiger partial charge in [0.2, 0.25) is 0 Å². The molecule has 18 heavy (non-hydrogen) atoms. The molecule has 5 heteroatoms. The molecule has 1 aliphatic carbocycles. The fourth-order valence-corrected chi connectivity index (χ4v) is 2.72. The summed E-state index contributed by atoms with van der Waals surface area (Å²) in [5.41, 5.74) is 0. The molecule has 100 valence electrons. The van der Waals surface area contributed by atoms with Crippen LogP contribution < -0.4 is 5.32 Å². The number of hydrogen-bond acceptors (Lipinski definition) is 4. The van der Waals surface area contributed by atoms with Crippen LogP contribution in [0.2, 0.25) is 0 Å². The van der Waals surface area contributed by atoms with Gasteiger partial charge in [0, 0.05) is 25.7 Å². The fraction of sp³-hybridized carbons (Fsp3) is 0.846. The molecule has 5 nitrogen and oxygen atoms in total. The molecule has 3 rings (SSSR count). The molecule has 1 unspecified atom stereocenters. The van der Waals surface area contributed by atoms with E-state index >= 15 is 0 Å².